The van der Waals surface area contributed by atoms with Crippen LogP contribution in [0.5, 0.6) is 0 Å². The van der Waals surface area contributed by atoms with E-state index in [1.165, 1.54) is 12.1 Å². The Morgan fingerprint density at radius 1 is 0.875 bits per heavy atom. The molecule has 124 valence electrons. The molecule has 0 amide bonds. The van der Waals surface area contributed by atoms with Gasteiger partial charge in [0.1, 0.15) is 0 Å². The van der Waals surface area contributed by atoms with Crippen LogP contribution in [0.15, 0.2) is 53.0 Å². The van der Waals surface area contributed by atoms with E-state index in [4.69, 9.17) is 24.4 Å². The minimum absolute atomic E-state index is 0.0115. The highest BCUT2D eigenvalue weighted by molar-refractivity contribution is 9.10. The molecule has 0 radical (unpaired) electrons. The number of nitro groups is 1. The van der Waals surface area contributed by atoms with Gasteiger partial charge >= 0.3 is 0 Å². The molecular weight excluding hydrogens is 414 g/mol. The van der Waals surface area contributed by atoms with Crippen molar-refractivity contribution in [2.75, 3.05) is 10.6 Å². The molecule has 0 atom stereocenters. The summed E-state index contributed by atoms with van der Waals surface area (Å²) in [4.78, 5) is 10.1. The second kappa shape index (κ2) is 8.52. The minimum atomic E-state index is -0.464. The van der Waals surface area contributed by atoms with Gasteiger partial charge in [-0.3, -0.25) is 21.0 Å². The molecule has 0 saturated heterocycles. The van der Waals surface area contributed by atoms with E-state index >= 15 is 0 Å². The number of hydrazine groups is 1. The second-order valence-electron chi connectivity index (χ2n) is 4.47. The Balaban J connectivity index is 1.78. The highest BCUT2D eigenvalue weighted by Crippen LogP contribution is 2.15. The Labute approximate surface area is 157 Å². The molecule has 0 bridgehead atoms. The van der Waals surface area contributed by atoms with Crippen molar-refractivity contribution in [3.8, 4) is 0 Å². The monoisotopic (exact) mass is 425 g/mol. The molecule has 0 aliphatic heterocycles. The molecule has 0 spiro atoms. The number of non-ortho nitro benzene ring substituents is 1. The SMILES string of the molecule is O=[N+]([O-])c1ccc(NC(=S)NNC(=S)Nc2ccc(Br)cc2)cc1. The average molecular weight is 426 g/mol. The molecule has 2 rings (SSSR count). The third-order valence-electron chi connectivity index (χ3n) is 2.73. The summed E-state index contributed by atoms with van der Waals surface area (Å²) in [5, 5.41) is 17.1. The summed E-state index contributed by atoms with van der Waals surface area (Å²) in [5.74, 6) is 0. The lowest BCUT2D eigenvalue weighted by atomic mass is 10.3. The topological polar surface area (TPSA) is 91.3 Å². The van der Waals surface area contributed by atoms with Crippen LogP contribution in [0.3, 0.4) is 0 Å². The maximum atomic E-state index is 10.6. The van der Waals surface area contributed by atoms with Gasteiger partial charge in [-0.2, -0.15) is 0 Å². The van der Waals surface area contributed by atoms with E-state index in [9.17, 15) is 10.1 Å². The number of hydrogen-bond donors (Lipinski definition) is 4. The average Bonchev–Trinajstić information content (AvgIpc) is 2.55. The van der Waals surface area contributed by atoms with Crippen molar-refractivity contribution < 1.29 is 4.92 Å². The fraction of sp³-hybridized carbons (Fsp3) is 0. The van der Waals surface area contributed by atoms with Crippen LogP contribution < -0.4 is 21.5 Å². The lowest BCUT2D eigenvalue weighted by Gasteiger charge is -2.14. The summed E-state index contributed by atoms with van der Waals surface area (Å²) >= 11 is 13.6. The van der Waals surface area contributed by atoms with Crippen molar-refractivity contribution in [2.45, 2.75) is 0 Å². The molecule has 24 heavy (non-hydrogen) atoms. The zero-order valence-corrected chi connectivity index (χ0v) is 15.3. The molecule has 0 aromatic heterocycles. The third kappa shape index (κ3) is 5.72. The molecule has 2 aromatic carbocycles. The fourth-order valence-corrected chi connectivity index (χ4v) is 2.24. The lowest BCUT2D eigenvalue weighted by Crippen LogP contribution is -2.45. The first-order valence-corrected chi connectivity index (χ1v) is 8.19. The predicted molar refractivity (Wildman–Crippen MR) is 106 cm³/mol. The van der Waals surface area contributed by atoms with Crippen LogP contribution in [0.25, 0.3) is 0 Å². The van der Waals surface area contributed by atoms with Crippen LogP contribution in [0.1, 0.15) is 0 Å². The predicted octanol–water partition coefficient (Wildman–Crippen LogP) is 3.55. The first-order valence-electron chi connectivity index (χ1n) is 6.58. The molecule has 0 fully saturated rings. The van der Waals surface area contributed by atoms with E-state index < -0.39 is 4.92 Å². The van der Waals surface area contributed by atoms with Crippen LogP contribution in [0.4, 0.5) is 17.1 Å². The van der Waals surface area contributed by atoms with Gasteiger partial charge in [-0.15, -0.1) is 0 Å². The Kier molecular flexibility index (Phi) is 6.41. The largest absolute Gasteiger partial charge is 0.331 e. The van der Waals surface area contributed by atoms with Gasteiger partial charge in [-0.05, 0) is 60.8 Å². The highest BCUT2D eigenvalue weighted by Gasteiger charge is 2.05. The van der Waals surface area contributed by atoms with Gasteiger partial charge in [0.2, 0.25) is 0 Å². The highest BCUT2D eigenvalue weighted by atomic mass is 79.9. The van der Waals surface area contributed by atoms with Crippen LogP contribution in [-0.2, 0) is 0 Å². The molecule has 0 saturated carbocycles. The van der Waals surface area contributed by atoms with Crippen LogP contribution in [0, 0.1) is 10.1 Å². The zero-order valence-electron chi connectivity index (χ0n) is 12.1. The fourth-order valence-electron chi connectivity index (χ4n) is 1.64. The third-order valence-corrected chi connectivity index (χ3v) is 3.66. The number of rotatable bonds is 3. The van der Waals surface area contributed by atoms with E-state index in [1.807, 2.05) is 24.3 Å². The van der Waals surface area contributed by atoms with Crippen molar-refractivity contribution >= 4 is 67.7 Å². The first-order chi connectivity index (χ1) is 11.4. The number of halogens is 1. The molecule has 4 N–H and O–H groups in total. The van der Waals surface area contributed by atoms with E-state index in [2.05, 4.69) is 37.4 Å². The molecule has 0 heterocycles. The van der Waals surface area contributed by atoms with Crippen molar-refractivity contribution in [2.24, 2.45) is 0 Å². The van der Waals surface area contributed by atoms with E-state index in [-0.39, 0.29) is 10.8 Å². The zero-order chi connectivity index (χ0) is 17.5. The molecule has 0 aliphatic carbocycles. The van der Waals surface area contributed by atoms with Gasteiger partial charge in [-0.25, -0.2) is 0 Å². The maximum Gasteiger partial charge on any atom is 0.269 e. The van der Waals surface area contributed by atoms with Gasteiger partial charge < -0.3 is 10.6 Å². The summed E-state index contributed by atoms with van der Waals surface area (Å²) in [6.07, 6.45) is 0. The normalized spacial score (nSPS) is 9.71. The Hall–Kier alpha value is -2.30. The number of nitrogens with zero attached hydrogens (tertiary/aromatic N) is 1. The number of anilines is 2. The Morgan fingerprint density at radius 3 is 1.71 bits per heavy atom. The van der Waals surface area contributed by atoms with Gasteiger partial charge in [0.15, 0.2) is 10.2 Å². The number of nitrogens with one attached hydrogen (secondary N) is 4. The van der Waals surface area contributed by atoms with E-state index in [1.54, 1.807) is 12.1 Å². The summed E-state index contributed by atoms with van der Waals surface area (Å²) in [7, 11) is 0. The van der Waals surface area contributed by atoms with Crippen LogP contribution in [-0.4, -0.2) is 15.1 Å². The summed E-state index contributed by atoms with van der Waals surface area (Å²) in [5.41, 5.74) is 6.92. The van der Waals surface area contributed by atoms with Crippen molar-refractivity contribution in [3.05, 3.63) is 63.1 Å². The lowest BCUT2D eigenvalue weighted by molar-refractivity contribution is -0.384. The van der Waals surface area contributed by atoms with Gasteiger partial charge in [0.05, 0.1) is 4.92 Å². The van der Waals surface area contributed by atoms with Crippen molar-refractivity contribution in [1.82, 2.24) is 10.9 Å². The molecule has 7 nitrogen and oxygen atoms in total. The molecular formula is C14H12BrN5O2S2. The summed E-state index contributed by atoms with van der Waals surface area (Å²) in [6.45, 7) is 0. The van der Waals surface area contributed by atoms with Gasteiger partial charge in [0, 0.05) is 28.0 Å². The molecule has 10 heteroatoms. The van der Waals surface area contributed by atoms with Crippen LogP contribution >= 0.6 is 40.4 Å². The minimum Gasteiger partial charge on any atom is -0.331 e. The number of benzene rings is 2. The Bertz CT molecular complexity index is 753. The van der Waals surface area contributed by atoms with E-state index in [0.29, 0.717) is 10.8 Å². The maximum absolute atomic E-state index is 10.6. The molecule has 0 unspecified atom stereocenters. The summed E-state index contributed by atoms with van der Waals surface area (Å²) < 4.78 is 0.971. The smallest absolute Gasteiger partial charge is 0.269 e. The molecule has 0 aliphatic rings. The van der Waals surface area contributed by atoms with Gasteiger partial charge in [0.25, 0.3) is 5.69 Å². The quantitative estimate of drug-likeness (QED) is 0.337. The second-order valence-corrected chi connectivity index (χ2v) is 6.20. The van der Waals surface area contributed by atoms with E-state index in [0.717, 1.165) is 10.2 Å². The molecule has 2 aromatic rings. The van der Waals surface area contributed by atoms with Crippen molar-refractivity contribution in [1.29, 1.82) is 0 Å². The number of hydrogen-bond acceptors (Lipinski definition) is 4. The van der Waals surface area contributed by atoms with Crippen molar-refractivity contribution in [3.63, 3.8) is 0 Å². The summed E-state index contributed by atoms with van der Waals surface area (Å²) in [6, 6.07) is 13.4. The number of thiocarbonyl (C=S) groups is 2. The van der Waals surface area contributed by atoms with Gasteiger partial charge in [-0.1, -0.05) is 15.9 Å². The van der Waals surface area contributed by atoms with Crippen LogP contribution in [0.2, 0.25) is 0 Å². The number of nitro benzene ring substituents is 1. The Morgan fingerprint density at radius 2 is 1.29 bits per heavy atom. The first kappa shape index (κ1) is 18.0. The standard InChI is InChI=1S/C14H12BrN5O2S2/c15-9-1-3-10(4-2-9)16-13(23)18-19-14(24)17-11-5-7-12(8-6-11)20(21)22/h1-8H,(H2,16,18,23)(H2,17,19,24).